The van der Waals surface area contributed by atoms with Crippen molar-refractivity contribution in [2.24, 2.45) is 0 Å². The zero-order chi connectivity index (χ0) is 17.9. The van der Waals surface area contributed by atoms with Gasteiger partial charge in [0, 0.05) is 19.7 Å². The molecule has 0 aliphatic heterocycles. The fourth-order valence-corrected chi connectivity index (χ4v) is 2.85. The van der Waals surface area contributed by atoms with Crippen LogP contribution >= 0.6 is 0 Å². The quantitative estimate of drug-likeness (QED) is 0.614. The maximum Gasteiger partial charge on any atom is 0.242 e. The molecular formula is C17H15F2NO3S. The van der Waals surface area contributed by atoms with Gasteiger partial charge >= 0.3 is 0 Å². The molecule has 0 amide bonds. The van der Waals surface area contributed by atoms with E-state index in [2.05, 4.69) is 0 Å². The third-order valence-electron chi connectivity index (χ3n) is 3.27. The molecule has 2 rings (SSSR count). The summed E-state index contributed by atoms with van der Waals surface area (Å²) in [5.41, 5.74) is 0.496. The van der Waals surface area contributed by atoms with Crippen molar-refractivity contribution < 1.29 is 22.0 Å². The molecule has 4 nitrogen and oxygen atoms in total. The van der Waals surface area contributed by atoms with Gasteiger partial charge in [-0.1, -0.05) is 24.3 Å². The predicted octanol–water partition coefficient (Wildman–Crippen LogP) is 3.11. The van der Waals surface area contributed by atoms with Gasteiger partial charge in [0.1, 0.15) is 0 Å². The van der Waals surface area contributed by atoms with Gasteiger partial charge in [0.05, 0.1) is 4.90 Å². The third-order valence-corrected chi connectivity index (χ3v) is 5.08. The number of rotatable bonds is 5. The van der Waals surface area contributed by atoms with E-state index in [0.29, 0.717) is 5.56 Å². The molecule has 0 atom stereocenters. The Morgan fingerprint density at radius 1 is 1.04 bits per heavy atom. The van der Waals surface area contributed by atoms with Crippen molar-refractivity contribution in [2.45, 2.75) is 4.90 Å². The summed E-state index contributed by atoms with van der Waals surface area (Å²) in [6.07, 6.45) is 2.51. The Balaban J connectivity index is 2.27. The highest BCUT2D eigenvalue weighted by atomic mass is 32.2. The van der Waals surface area contributed by atoms with Crippen LogP contribution in [0.2, 0.25) is 0 Å². The number of allylic oxidation sites excluding steroid dienone is 1. The highest BCUT2D eigenvalue weighted by Gasteiger charge is 2.18. The van der Waals surface area contributed by atoms with E-state index in [9.17, 15) is 22.0 Å². The van der Waals surface area contributed by atoms with E-state index >= 15 is 0 Å². The summed E-state index contributed by atoms with van der Waals surface area (Å²) in [5.74, 6) is -2.43. The van der Waals surface area contributed by atoms with Crippen molar-refractivity contribution in [1.29, 1.82) is 0 Å². The first-order valence-electron chi connectivity index (χ1n) is 6.92. The topological polar surface area (TPSA) is 54.5 Å². The Labute approximate surface area is 139 Å². The van der Waals surface area contributed by atoms with Crippen molar-refractivity contribution in [3.05, 3.63) is 71.3 Å². The second-order valence-corrected chi connectivity index (χ2v) is 7.34. The Bertz CT molecular complexity index is 906. The van der Waals surface area contributed by atoms with Crippen molar-refractivity contribution in [3.63, 3.8) is 0 Å². The van der Waals surface area contributed by atoms with Crippen LogP contribution in [-0.2, 0) is 10.0 Å². The fourth-order valence-electron chi connectivity index (χ4n) is 1.90. The summed E-state index contributed by atoms with van der Waals surface area (Å²) in [4.78, 5) is 12.2. The standard InChI is InChI=1S/C17H15F2NO3S/c1-20(2)24(22,23)14-5-3-4-13(11-14)17(21)9-7-12-6-8-15(18)16(19)10-12/h3-11H,1-2H3/b9-7+. The molecule has 2 aromatic carbocycles. The van der Waals surface area contributed by atoms with Crippen LogP contribution in [0.25, 0.3) is 6.08 Å². The van der Waals surface area contributed by atoms with Gasteiger partial charge in [-0.15, -0.1) is 0 Å². The number of hydrogen-bond donors (Lipinski definition) is 0. The lowest BCUT2D eigenvalue weighted by Crippen LogP contribution is -2.22. The molecule has 2 aromatic rings. The number of benzene rings is 2. The average Bonchev–Trinajstić information content (AvgIpc) is 2.55. The lowest BCUT2D eigenvalue weighted by Gasteiger charge is -2.11. The summed E-state index contributed by atoms with van der Waals surface area (Å²) >= 11 is 0. The molecule has 126 valence electrons. The first kappa shape index (κ1) is 18.0. The first-order valence-corrected chi connectivity index (χ1v) is 8.36. The minimum absolute atomic E-state index is 0.000392. The summed E-state index contributed by atoms with van der Waals surface area (Å²) in [6.45, 7) is 0. The van der Waals surface area contributed by atoms with Gasteiger partial charge in [0.15, 0.2) is 17.4 Å². The largest absolute Gasteiger partial charge is 0.289 e. The molecule has 0 unspecified atom stereocenters. The molecular weight excluding hydrogens is 336 g/mol. The van der Waals surface area contributed by atoms with Crippen LogP contribution in [0.5, 0.6) is 0 Å². The van der Waals surface area contributed by atoms with Gasteiger partial charge in [-0.2, -0.15) is 0 Å². The molecule has 0 radical (unpaired) electrons. The summed E-state index contributed by atoms with van der Waals surface area (Å²) in [6, 6.07) is 8.87. The smallest absolute Gasteiger partial charge is 0.242 e. The van der Waals surface area contributed by atoms with E-state index in [-0.39, 0.29) is 10.5 Å². The maximum absolute atomic E-state index is 13.1. The van der Waals surface area contributed by atoms with Gasteiger partial charge in [-0.05, 0) is 35.9 Å². The van der Waals surface area contributed by atoms with E-state index in [0.717, 1.165) is 16.4 Å². The van der Waals surface area contributed by atoms with E-state index in [1.54, 1.807) is 0 Å². The summed E-state index contributed by atoms with van der Waals surface area (Å²) in [5, 5.41) is 0. The van der Waals surface area contributed by atoms with E-state index in [4.69, 9.17) is 0 Å². The Morgan fingerprint density at radius 2 is 1.75 bits per heavy atom. The van der Waals surface area contributed by atoms with E-state index < -0.39 is 27.4 Å². The molecule has 0 aliphatic rings. The molecule has 0 spiro atoms. The summed E-state index contributed by atoms with van der Waals surface area (Å²) < 4.78 is 51.2. The molecule has 0 heterocycles. The number of hydrogen-bond acceptors (Lipinski definition) is 3. The minimum atomic E-state index is -3.64. The van der Waals surface area contributed by atoms with Gasteiger partial charge in [0.25, 0.3) is 0 Å². The van der Waals surface area contributed by atoms with Crippen LogP contribution in [0, 0.1) is 11.6 Å². The molecule has 0 aliphatic carbocycles. The van der Waals surface area contributed by atoms with Crippen LogP contribution in [0.15, 0.2) is 53.4 Å². The Hall–Kier alpha value is -2.38. The monoisotopic (exact) mass is 351 g/mol. The van der Waals surface area contributed by atoms with Gasteiger partial charge < -0.3 is 0 Å². The SMILES string of the molecule is CN(C)S(=O)(=O)c1cccc(C(=O)/C=C/c2ccc(F)c(F)c2)c1. The zero-order valence-electron chi connectivity index (χ0n) is 13.0. The summed E-state index contributed by atoms with van der Waals surface area (Å²) in [7, 11) is -0.853. The molecule has 0 N–H and O–H groups in total. The highest BCUT2D eigenvalue weighted by Crippen LogP contribution is 2.16. The number of carbonyl (C=O) groups excluding carboxylic acids is 1. The van der Waals surface area contributed by atoms with Crippen LogP contribution in [0.4, 0.5) is 8.78 Å². The minimum Gasteiger partial charge on any atom is -0.289 e. The van der Waals surface area contributed by atoms with Gasteiger partial charge in [-0.25, -0.2) is 21.5 Å². The Morgan fingerprint density at radius 3 is 2.38 bits per heavy atom. The molecule has 0 saturated carbocycles. The van der Waals surface area contributed by atoms with Gasteiger partial charge in [-0.3, -0.25) is 4.79 Å². The number of nitrogens with zero attached hydrogens (tertiary/aromatic N) is 1. The fraction of sp³-hybridized carbons (Fsp3) is 0.118. The van der Waals surface area contributed by atoms with Crippen molar-refractivity contribution in [3.8, 4) is 0 Å². The number of carbonyl (C=O) groups is 1. The molecule has 7 heteroatoms. The first-order chi connectivity index (χ1) is 11.2. The predicted molar refractivity (Wildman–Crippen MR) is 87.0 cm³/mol. The van der Waals surface area contributed by atoms with Crippen LogP contribution in [0.1, 0.15) is 15.9 Å². The van der Waals surface area contributed by atoms with Crippen LogP contribution < -0.4 is 0 Å². The van der Waals surface area contributed by atoms with Crippen LogP contribution in [0.3, 0.4) is 0 Å². The van der Waals surface area contributed by atoms with E-state index in [1.165, 1.54) is 56.6 Å². The average molecular weight is 351 g/mol. The van der Waals surface area contributed by atoms with Gasteiger partial charge in [0.2, 0.25) is 10.0 Å². The molecule has 0 saturated heterocycles. The lowest BCUT2D eigenvalue weighted by molar-refractivity contribution is 0.104. The maximum atomic E-state index is 13.1. The van der Waals surface area contributed by atoms with Crippen LogP contribution in [-0.4, -0.2) is 32.6 Å². The lowest BCUT2D eigenvalue weighted by atomic mass is 10.1. The molecule has 24 heavy (non-hydrogen) atoms. The van der Waals surface area contributed by atoms with E-state index in [1.807, 2.05) is 0 Å². The number of ketones is 1. The normalized spacial score (nSPS) is 12.0. The molecule has 0 fully saturated rings. The zero-order valence-corrected chi connectivity index (χ0v) is 13.8. The molecule has 0 bridgehead atoms. The number of halogens is 2. The van der Waals surface area contributed by atoms with Crippen molar-refractivity contribution in [2.75, 3.05) is 14.1 Å². The second-order valence-electron chi connectivity index (χ2n) is 5.19. The Kier molecular flexibility index (Phi) is 5.26. The van der Waals surface area contributed by atoms with Crippen molar-refractivity contribution >= 4 is 21.9 Å². The third kappa shape index (κ3) is 3.93. The molecule has 0 aromatic heterocycles. The highest BCUT2D eigenvalue weighted by molar-refractivity contribution is 7.89. The second kappa shape index (κ2) is 7.02. The van der Waals surface area contributed by atoms with Crippen molar-refractivity contribution in [1.82, 2.24) is 4.31 Å². The number of sulfonamides is 1.